The summed E-state index contributed by atoms with van der Waals surface area (Å²) in [6.45, 7) is 1.92. The van der Waals surface area contributed by atoms with E-state index in [9.17, 15) is 4.79 Å². The number of amides is 1. The van der Waals surface area contributed by atoms with Gasteiger partial charge in [0.1, 0.15) is 0 Å². The summed E-state index contributed by atoms with van der Waals surface area (Å²) < 4.78 is 1.91. The highest BCUT2D eigenvalue weighted by Gasteiger charge is 2.22. The zero-order valence-corrected chi connectivity index (χ0v) is 12.3. The first-order valence-corrected chi connectivity index (χ1v) is 7.89. The highest BCUT2D eigenvalue weighted by Crippen LogP contribution is 2.23. The van der Waals surface area contributed by atoms with Crippen molar-refractivity contribution >= 4 is 23.3 Å². The Morgan fingerprint density at radius 1 is 1.40 bits per heavy atom. The lowest BCUT2D eigenvalue weighted by atomic mass is 10.2. The molecule has 1 atom stereocenters. The minimum Gasteiger partial charge on any atom is -0.352 e. The molecule has 1 amide bonds. The van der Waals surface area contributed by atoms with Crippen molar-refractivity contribution in [1.29, 1.82) is 0 Å². The molecule has 0 unspecified atom stereocenters. The topological polar surface area (TPSA) is 59.3 Å². The van der Waals surface area contributed by atoms with Gasteiger partial charge in [0.05, 0.1) is 5.25 Å². The van der Waals surface area contributed by atoms with Crippen molar-refractivity contribution < 1.29 is 4.79 Å². The number of pyridine rings is 1. The van der Waals surface area contributed by atoms with Gasteiger partial charge >= 0.3 is 0 Å². The molecule has 0 aromatic carbocycles. The van der Waals surface area contributed by atoms with E-state index >= 15 is 0 Å². The van der Waals surface area contributed by atoms with Crippen LogP contribution in [0.25, 0.3) is 5.65 Å². The van der Waals surface area contributed by atoms with Crippen molar-refractivity contribution in [3.05, 3.63) is 24.4 Å². The first-order chi connectivity index (χ1) is 9.74. The number of fused-ring (bicyclic) bond motifs is 1. The molecule has 1 fully saturated rings. The molecular weight excluding hydrogens is 272 g/mol. The van der Waals surface area contributed by atoms with Gasteiger partial charge in [0, 0.05) is 12.2 Å². The Hall–Kier alpha value is -1.56. The molecule has 1 aliphatic rings. The SMILES string of the molecule is C[C@@H](Sc1nnc2ccccn12)C(=O)NC1CCCC1. The van der Waals surface area contributed by atoms with Crippen LogP contribution in [0.4, 0.5) is 0 Å². The van der Waals surface area contributed by atoms with Gasteiger partial charge in [-0.25, -0.2) is 0 Å². The molecule has 0 radical (unpaired) electrons. The van der Waals surface area contributed by atoms with Crippen LogP contribution in [0.1, 0.15) is 32.6 Å². The predicted octanol–water partition coefficient (Wildman–Crippen LogP) is 2.27. The Morgan fingerprint density at radius 2 is 2.20 bits per heavy atom. The number of hydrogen-bond donors (Lipinski definition) is 1. The van der Waals surface area contributed by atoms with Crippen molar-refractivity contribution in [2.75, 3.05) is 0 Å². The first-order valence-electron chi connectivity index (χ1n) is 7.01. The summed E-state index contributed by atoms with van der Waals surface area (Å²) in [4.78, 5) is 12.2. The van der Waals surface area contributed by atoms with Gasteiger partial charge in [-0.1, -0.05) is 30.7 Å². The van der Waals surface area contributed by atoms with E-state index in [1.54, 1.807) is 0 Å². The monoisotopic (exact) mass is 290 g/mol. The van der Waals surface area contributed by atoms with E-state index in [0.717, 1.165) is 23.6 Å². The van der Waals surface area contributed by atoms with E-state index in [1.165, 1.54) is 24.6 Å². The zero-order chi connectivity index (χ0) is 13.9. The molecule has 0 spiro atoms. The fourth-order valence-corrected chi connectivity index (χ4v) is 3.35. The molecule has 1 N–H and O–H groups in total. The summed E-state index contributed by atoms with van der Waals surface area (Å²) >= 11 is 1.45. The average molecular weight is 290 g/mol. The summed E-state index contributed by atoms with van der Waals surface area (Å²) in [6, 6.07) is 6.12. The second-order valence-electron chi connectivity index (χ2n) is 5.16. The van der Waals surface area contributed by atoms with Crippen molar-refractivity contribution in [1.82, 2.24) is 19.9 Å². The van der Waals surface area contributed by atoms with E-state index in [-0.39, 0.29) is 11.2 Å². The Kier molecular flexibility index (Phi) is 3.91. The number of hydrogen-bond acceptors (Lipinski definition) is 4. The molecule has 20 heavy (non-hydrogen) atoms. The number of thioether (sulfide) groups is 1. The second-order valence-corrected chi connectivity index (χ2v) is 6.47. The summed E-state index contributed by atoms with van der Waals surface area (Å²) in [7, 11) is 0. The quantitative estimate of drug-likeness (QED) is 0.878. The fourth-order valence-electron chi connectivity index (χ4n) is 2.50. The Morgan fingerprint density at radius 3 is 3.00 bits per heavy atom. The third-order valence-electron chi connectivity index (χ3n) is 3.64. The summed E-state index contributed by atoms with van der Waals surface area (Å²) in [5, 5.41) is 12.0. The van der Waals surface area contributed by atoms with Crippen LogP contribution in [0.2, 0.25) is 0 Å². The Balaban J connectivity index is 1.65. The lowest BCUT2D eigenvalue weighted by Crippen LogP contribution is -2.37. The Labute approximate surface area is 122 Å². The van der Waals surface area contributed by atoms with Crippen LogP contribution < -0.4 is 5.32 Å². The van der Waals surface area contributed by atoms with Crippen molar-refractivity contribution in [3.8, 4) is 0 Å². The number of rotatable bonds is 4. The molecule has 0 aliphatic heterocycles. The maximum Gasteiger partial charge on any atom is 0.233 e. The van der Waals surface area contributed by atoms with Crippen LogP contribution in [0, 0.1) is 0 Å². The van der Waals surface area contributed by atoms with Gasteiger partial charge in [0.15, 0.2) is 10.8 Å². The standard InChI is InChI=1S/C14H18N4OS/c1-10(13(19)15-11-6-2-3-7-11)20-14-17-16-12-8-4-5-9-18(12)14/h4-5,8-11H,2-3,6-7H2,1H3,(H,15,19)/t10-/m1/s1. The molecule has 3 rings (SSSR count). The first kappa shape index (κ1) is 13.4. The van der Waals surface area contributed by atoms with E-state index in [4.69, 9.17) is 0 Å². The number of aromatic nitrogens is 3. The number of carbonyl (C=O) groups excluding carboxylic acids is 1. The maximum atomic E-state index is 12.2. The molecular formula is C14H18N4OS. The predicted molar refractivity (Wildman–Crippen MR) is 78.7 cm³/mol. The van der Waals surface area contributed by atoms with E-state index in [1.807, 2.05) is 35.7 Å². The molecule has 5 nitrogen and oxygen atoms in total. The smallest absolute Gasteiger partial charge is 0.233 e. The lowest BCUT2D eigenvalue weighted by molar-refractivity contribution is -0.120. The third kappa shape index (κ3) is 2.80. The van der Waals surface area contributed by atoms with Crippen LogP contribution in [0.3, 0.4) is 0 Å². The number of nitrogens with one attached hydrogen (secondary N) is 1. The molecule has 2 aromatic heterocycles. The number of carbonyl (C=O) groups is 1. The normalized spacial score (nSPS) is 17.4. The van der Waals surface area contributed by atoms with Gasteiger partial charge in [-0.05, 0) is 31.9 Å². The molecule has 1 aliphatic carbocycles. The minimum atomic E-state index is -0.164. The van der Waals surface area contributed by atoms with E-state index < -0.39 is 0 Å². The minimum absolute atomic E-state index is 0.0922. The summed E-state index contributed by atoms with van der Waals surface area (Å²) in [6.07, 6.45) is 6.58. The molecule has 2 heterocycles. The van der Waals surface area contributed by atoms with Crippen molar-refractivity contribution in [3.63, 3.8) is 0 Å². The van der Waals surface area contributed by atoms with Gasteiger partial charge in [0.2, 0.25) is 5.91 Å². The van der Waals surface area contributed by atoms with Crippen LogP contribution in [-0.4, -0.2) is 31.8 Å². The summed E-state index contributed by atoms with van der Waals surface area (Å²) in [5.41, 5.74) is 0.804. The molecule has 0 bridgehead atoms. The third-order valence-corrected chi connectivity index (χ3v) is 4.69. The largest absolute Gasteiger partial charge is 0.352 e. The molecule has 0 saturated heterocycles. The molecule has 1 saturated carbocycles. The van der Waals surface area contributed by atoms with Gasteiger partial charge < -0.3 is 5.32 Å². The van der Waals surface area contributed by atoms with Gasteiger partial charge in [-0.2, -0.15) is 0 Å². The number of nitrogens with zero attached hydrogens (tertiary/aromatic N) is 3. The molecule has 6 heteroatoms. The van der Waals surface area contributed by atoms with Crippen LogP contribution >= 0.6 is 11.8 Å². The van der Waals surface area contributed by atoms with Gasteiger partial charge in [-0.3, -0.25) is 9.20 Å². The molecule has 106 valence electrons. The van der Waals surface area contributed by atoms with E-state index in [2.05, 4.69) is 15.5 Å². The highest BCUT2D eigenvalue weighted by atomic mass is 32.2. The highest BCUT2D eigenvalue weighted by molar-refractivity contribution is 8.00. The lowest BCUT2D eigenvalue weighted by Gasteiger charge is -2.15. The second kappa shape index (κ2) is 5.83. The van der Waals surface area contributed by atoms with Crippen LogP contribution in [0.15, 0.2) is 29.6 Å². The van der Waals surface area contributed by atoms with Crippen molar-refractivity contribution in [2.24, 2.45) is 0 Å². The van der Waals surface area contributed by atoms with Crippen molar-refractivity contribution in [2.45, 2.75) is 49.1 Å². The molecule has 2 aromatic rings. The average Bonchev–Trinajstić information content (AvgIpc) is 3.09. The van der Waals surface area contributed by atoms with Crippen LogP contribution in [-0.2, 0) is 4.79 Å². The van der Waals surface area contributed by atoms with Gasteiger partial charge in [-0.15, -0.1) is 10.2 Å². The van der Waals surface area contributed by atoms with Gasteiger partial charge in [0.25, 0.3) is 0 Å². The Bertz CT molecular complexity index is 606. The summed E-state index contributed by atoms with van der Waals surface area (Å²) in [5.74, 6) is 0.0922. The fraction of sp³-hybridized carbons (Fsp3) is 0.500. The van der Waals surface area contributed by atoms with E-state index in [0.29, 0.717) is 6.04 Å². The van der Waals surface area contributed by atoms with Crippen LogP contribution in [0.5, 0.6) is 0 Å². The zero-order valence-electron chi connectivity index (χ0n) is 11.5. The maximum absolute atomic E-state index is 12.2.